The maximum Gasteiger partial charge on any atom is 0.420 e. The molecule has 0 unspecified atom stereocenters. The summed E-state index contributed by atoms with van der Waals surface area (Å²) >= 11 is 0. The van der Waals surface area contributed by atoms with Crippen LogP contribution in [0, 0.1) is 0 Å². The molecule has 0 spiro atoms. The number of alkyl carbamates (subject to hydrolysis) is 1. The van der Waals surface area contributed by atoms with Crippen LogP contribution in [-0.2, 0) is 27.5 Å². The number of amides is 1. The second-order valence-electron chi connectivity index (χ2n) is 10.3. The summed E-state index contributed by atoms with van der Waals surface area (Å²) in [7, 11) is -4.04. The van der Waals surface area contributed by atoms with E-state index in [-0.39, 0.29) is 41.2 Å². The molecule has 7 nitrogen and oxygen atoms in total. The van der Waals surface area contributed by atoms with Crippen molar-refractivity contribution in [2.75, 3.05) is 13.1 Å². The molecule has 0 aliphatic carbocycles. The molecule has 1 N–H and O–H groups in total. The number of sulfonamides is 1. The Hall–Kier alpha value is -3.19. The van der Waals surface area contributed by atoms with Crippen molar-refractivity contribution in [3.05, 3.63) is 53.8 Å². The first-order valence-corrected chi connectivity index (χ1v) is 13.5. The predicted octanol–water partition coefficient (Wildman–Crippen LogP) is 6.56. The molecule has 1 fully saturated rings. The third kappa shape index (κ3) is 6.70. The zero-order valence-electron chi connectivity index (χ0n) is 21.4. The number of rotatable bonds is 5. The number of ether oxygens (including phenoxy) is 1. The second-order valence-corrected chi connectivity index (χ2v) is 12.2. The summed E-state index contributed by atoms with van der Waals surface area (Å²) in [5, 5.41) is 2.57. The molecule has 13 heteroatoms. The minimum atomic E-state index is -4.76. The largest absolute Gasteiger partial charge is 0.459 e. The number of hydrogen-bond donors (Lipinski definition) is 1. The fourth-order valence-corrected chi connectivity index (χ4v) is 5.61. The lowest BCUT2D eigenvalue weighted by Gasteiger charge is -2.30. The Morgan fingerprint density at radius 1 is 1.03 bits per heavy atom. The molecule has 0 radical (unpaired) electrons. The Labute approximate surface area is 222 Å². The average molecular weight is 575 g/mol. The lowest BCUT2D eigenvalue weighted by molar-refractivity contribution is -0.136. The number of furan rings is 1. The van der Waals surface area contributed by atoms with E-state index in [9.17, 15) is 35.2 Å². The van der Waals surface area contributed by atoms with Crippen molar-refractivity contribution in [3.8, 4) is 11.1 Å². The fourth-order valence-electron chi connectivity index (χ4n) is 4.17. The number of fused-ring (bicyclic) bond motifs is 1. The van der Waals surface area contributed by atoms with Crippen LogP contribution in [0.25, 0.3) is 22.1 Å². The topological polar surface area (TPSA) is 88.8 Å². The molecule has 2 heterocycles. The quantitative estimate of drug-likeness (QED) is 0.349. The first kappa shape index (κ1) is 28.8. The Balaban J connectivity index is 1.61. The monoisotopic (exact) mass is 574 g/mol. The summed E-state index contributed by atoms with van der Waals surface area (Å²) in [6.45, 7) is 4.15. The van der Waals surface area contributed by atoms with Crippen LogP contribution >= 0.6 is 0 Å². The number of nitrogens with zero attached hydrogens (tertiary/aromatic N) is 1. The van der Waals surface area contributed by atoms with Gasteiger partial charge in [0.25, 0.3) is 5.92 Å². The third-order valence-corrected chi connectivity index (χ3v) is 7.97. The Kier molecular flexibility index (Phi) is 7.45. The van der Waals surface area contributed by atoms with Crippen LogP contribution in [-0.4, -0.2) is 43.4 Å². The van der Waals surface area contributed by atoms with Crippen LogP contribution in [0.3, 0.4) is 0 Å². The molecule has 0 saturated carbocycles. The Morgan fingerprint density at radius 2 is 1.64 bits per heavy atom. The van der Waals surface area contributed by atoms with E-state index >= 15 is 0 Å². The van der Waals surface area contributed by atoms with Crippen molar-refractivity contribution >= 4 is 27.1 Å². The Bertz CT molecular complexity index is 1470. The molecule has 1 aliphatic heterocycles. The van der Waals surface area contributed by atoms with Gasteiger partial charge in [0.05, 0.1) is 17.0 Å². The number of carbonyl (C=O) groups excluding carboxylic acids is 1. The van der Waals surface area contributed by atoms with Crippen LogP contribution in [0.5, 0.6) is 0 Å². The van der Waals surface area contributed by atoms with Crippen LogP contribution < -0.4 is 5.32 Å². The summed E-state index contributed by atoms with van der Waals surface area (Å²) in [6, 6.07) is 8.92. The minimum Gasteiger partial charge on any atom is -0.459 e. The van der Waals surface area contributed by atoms with Gasteiger partial charge in [-0.1, -0.05) is 12.1 Å². The van der Waals surface area contributed by atoms with E-state index in [2.05, 4.69) is 5.32 Å². The van der Waals surface area contributed by atoms with Crippen molar-refractivity contribution in [1.82, 2.24) is 9.62 Å². The van der Waals surface area contributed by atoms with E-state index in [0.717, 1.165) is 10.4 Å². The van der Waals surface area contributed by atoms with E-state index in [1.165, 1.54) is 36.4 Å². The summed E-state index contributed by atoms with van der Waals surface area (Å²) in [4.78, 5) is 11.8. The highest BCUT2D eigenvalue weighted by Crippen LogP contribution is 2.40. The summed E-state index contributed by atoms with van der Waals surface area (Å²) in [6.07, 6.45) is -6.68. The van der Waals surface area contributed by atoms with E-state index in [1.807, 2.05) is 0 Å². The number of alkyl halides is 5. The highest BCUT2D eigenvalue weighted by atomic mass is 32.2. The molecular formula is C26H27F5N2O5S. The zero-order chi connectivity index (χ0) is 28.8. The minimum absolute atomic E-state index is 0.0760. The molecule has 1 amide bonds. The van der Waals surface area contributed by atoms with Gasteiger partial charge in [0.1, 0.15) is 16.9 Å². The van der Waals surface area contributed by atoms with Gasteiger partial charge in [-0.05, 0) is 62.2 Å². The lowest BCUT2D eigenvalue weighted by Crippen LogP contribution is -2.42. The van der Waals surface area contributed by atoms with Crippen molar-refractivity contribution in [1.29, 1.82) is 0 Å². The van der Waals surface area contributed by atoms with Crippen molar-refractivity contribution < 1.29 is 44.3 Å². The molecule has 212 valence electrons. The molecule has 1 saturated heterocycles. The van der Waals surface area contributed by atoms with Crippen molar-refractivity contribution in [2.45, 2.75) is 62.8 Å². The number of carbonyl (C=O) groups is 1. The predicted molar refractivity (Wildman–Crippen MR) is 133 cm³/mol. The fraction of sp³-hybridized carbons (Fsp3) is 0.423. The average Bonchev–Trinajstić information content (AvgIpc) is 3.23. The number of benzene rings is 2. The van der Waals surface area contributed by atoms with Gasteiger partial charge in [-0.2, -0.15) is 17.5 Å². The summed E-state index contributed by atoms with van der Waals surface area (Å²) in [5.74, 6) is -2.84. The molecule has 4 rings (SSSR count). The van der Waals surface area contributed by atoms with Crippen LogP contribution in [0.15, 0.2) is 51.8 Å². The highest BCUT2D eigenvalue weighted by Gasteiger charge is 2.39. The van der Waals surface area contributed by atoms with Gasteiger partial charge in [0.2, 0.25) is 10.0 Å². The van der Waals surface area contributed by atoms with E-state index in [1.54, 1.807) is 20.8 Å². The molecular weight excluding hydrogens is 547 g/mol. The van der Waals surface area contributed by atoms with Gasteiger partial charge < -0.3 is 14.5 Å². The highest BCUT2D eigenvalue weighted by molar-refractivity contribution is 7.89. The van der Waals surface area contributed by atoms with Crippen LogP contribution in [0.4, 0.5) is 26.7 Å². The Morgan fingerprint density at radius 3 is 2.21 bits per heavy atom. The third-order valence-electron chi connectivity index (χ3n) is 6.06. The van der Waals surface area contributed by atoms with Crippen molar-refractivity contribution in [2.24, 2.45) is 0 Å². The van der Waals surface area contributed by atoms with E-state index < -0.39 is 57.8 Å². The molecule has 1 aliphatic rings. The van der Waals surface area contributed by atoms with E-state index in [0.29, 0.717) is 5.56 Å². The second kappa shape index (κ2) is 10.1. The van der Waals surface area contributed by atoms with Crippen molar-refractivity contribution in [3.63, 3.8) is 0 Å². The first-order chi connectivity index (χ1) is 17.9. The summed E-state index contributed by atoms with van der Waals surface area (Å²) in [5.41, 5.74) is -1.74. The van der Waals surface area contributed by atoms with Crippen LogP contribution in [0.1, 0.15) is 44.9 Å². The number of hydrogen-bond acceptors (Lipinski definition) is 5. The molecule has 0 atom stereocenters. The molecule has 1 aromatic heterocycles. The lowest BCUT2D eigenvalue weighted by atomic mass is 10.0. The first-order valence-electron chi connectivity index (χ1n) is 12.0. The van der Waals surface area contributed by atoms with Gasteiger partial charge >= 0.3 is 12.3 Å². The smallest absolute Gasteiger partial charge is 0.420 e. The van der Waals surface area contributed by atoms with Gasteiger partial charge in [-0.3, -0.25) is 0 Å². The molecule has 39 heavy (non-hydrogen) atoms. The number of nitrogens with one attached hydrogen (secondary N) is 1. The standard InChI is InChI=1S/C26H27F5N2O5S/c1-24(2,3)38-23(34)32-15-19-13-18-12-17(14-21(22(18)37-19)26(29,30)31)16-4-6-20(7-5-16)39(35,36)33-10-8-25(27,28)9-11-33/h4-7,12-14H,8-11,15H2,1-3H3,(H,32,34). The number of piperidine rings is 1. The van der Waals surface area contributed by atoms with Gasteiger partial charge in [-0.25, -0.2) is 22.0 Å². The van der Waals surface area contributed by atoms with Gasteiger partial charge in [0.15, 0.2) is 0 Å². The van der Waals surface area contributed by atoms with E-state index in [4.69, 9.17) is 9.15 Å². The maximum absolute atomic E-state index is 13.9. The molecule has 0 bridgehead atoms. The molecule has 2 aromatic carbocycles. The number of halogens is 5. The van der Waals surface area contributed by atoms with Gasteiger partial charge in [-0.15, -0.1) is 0 Å². The maximum atomic E-state index is 13.9. The van der Waals surface area contributed by atoms with Gasteiger partial charge in [0, 0.05) is 31.3 Å². The zero-order valence-corrected chi connectivity index (χ0v) is 22.2. The SMILES string of the molecule is CC(C)(C)OC(=O)NCc1cc2cc(-c3ccc(S(=O)(=O)N4CCC(F)(F)CC4)cc3)cc(C(F)(F)F)c2o1. The van der Waals surface area contributed by atoms with Crippen LogP contribution in [0.2, 0.25) is 0 Å². The summed E-state index contributed by atoms with van der Waals surface area (Å²) < 4.78 is 106. The normalized spacial score (nSPS) is 16.8. The molecule has 3 aromatic rings.